The van der Waals surface area contributed by atoms with Crippen LogP contribution < -0.4 is 16.2 Å². The van der Waals surface area contributed by atoms with Crippen molar-refractivity contribution >= 4 is 48.4 Å². The van der Waals surface area contributed by atoms with Gasteiger partial charge < -0.3 is 14.3 Å². The molecule has 9 nitrogen and oxygen atoms in total. The van der Waals surface area contributed by atoms with Gasteiger partial charge in [-0.1, -0.05) is 70.4 Å². The third kappa shape index (κ3) is 6.54. The number of halogens is 4. The molecule has 0 bridgehead atoms. The van der Waals surface area contributed by atoms with Gasteiger partial charge >= 0.3 is 12.2 Å². The van der Waals surface area contributed by atoms with E-state index in [1.54, 1.807) is 42.5 Å². The van der Waals surface area contributed by atoms with Crippen LogP contribution in [-0.2, 0) is 10.6 Å². The summed E-state index contributed by atoms with van der Waals surface area (Å²) in [5, 5.41) is 8.11. The minimum atomic E-state index is -4.72. The first kappa shape index (κ1) is 33.2. The van der Waals surface area contributed by atoms with E-state index in [0.717, 1.165) is 0 Å². The molecule has 1 unspecified atom stereocenters. The summed E-state index contributed by atoms with van der Waals surface area (Å²) < 4.78 is 51.5. The minimum absolute atomic E-state index is 0.229. The zero-order chi connectivity index (χ0) is 32.6. The van der Waals surface area contributed by atoms with E-state index in [1.165, 1.54) is 4.57 Å². The highest BCUT2D eigenvalue weighted by atomic mass is 35.5. The number of amides is 2. The molecule has 2 amide bonds. The number of nitrogens with one attached hydrogen (secondary N) is 2. The van der Waals surface area contributed by atoms with E-state index in [-0.39, 0.29) is 32.7 Å². The van der Waals surface area contributed by atoms with Crippen LogP contribution in [-0.4, -0.2) is 29.1 Å². The summed E-state index contributed by atoms with van der Waals surface area (Å²) in [6.45, 7) is 14.9. The number of hydrogen-bond acceptors (Lipinski definition) is 6. The number of nitrogens with zero attached hydrogens (tertiary/aromatic N) is 3. The van der Waals surface area contributed by atoms with Gasteiger partial charge in [0.15, 0.2) is 5.69 Å². The fraction of sp³-hybridized carbons (Fsp3) is 0.400. The molecule has 0 aliphatic heterocycles. The molecule has 4 aromatic rings. The second-order valence-corrected chi connectivity index (χ2v) is 17.3. The van der Waals surface area contributed by atoms with E-state index in [9.17, 15) is 22.8 Å². The van der Waals surface area contributed by atoms with Gasteiger partial charge in [-0.05, 0) is 53.9 Å². The maximum Gasteiger partial charge on any atom is 0.436 e. The molecule has 1 atom stereocenters. The van der Waals surface area contributed by atoms with E-state index >= 15 is 0 Å². The fourth-order valence-electron chi connectivity index (χ4n) is 5.96. The van der Waals surface area contributed by atoms with Crippen LogP contribution in [0.1, 0.15) is 66.1 Å². The van der Waals surface area contributed by atoms with Gasteiger partial charge in [0.2, 0.25) is 14.2 Å². The predicted molar refractivity (Wildman–Crippen MR) is 167 cm³/mol. The van der Waals surface area contributed by atoms with Crippen molar-refractivity contribution in [1.82, 2.24) is 14.7 Å². The van der Waals surface area contributed by atoms with Crippen molar-refractivity contribution in [3.05, 3.63) is 75.4 Å². The Morgan fingerprint density at radius 1 is 0.977 bits per heavy atom. The zero-order valence-electron chi connectivity index (χ0n) is 25.4. The number of carbonyl (C=O) groups excluding carboxylic acids is 1. The van der Waals surface area contributed by atoms with E-state index in [1.807, 2.05) is 6.92 Å². The normalized spacial score (nSPS) is 13.2. The van der Waals surface area contributed by atoms with Gasteiger partial charge in [-0.2, -0.15) is 13.2 Å². The molecular weight excluding hydrogens is 615 g/mol. The van der Waals surface area contributed by atoms with Gasteiger partial charge in [0, 0.05) is 11.8 Å². The number of benzene rings is 2. The summed E-state index contributed by atoms with van der Waals surface area (Å²) in [6.07, 6.45) is -5.31. The SMILES string of the molecule is CC(O[Si](C(C)C)(C(C)C)C(C)C)c1nc2cccc(Cl)c2c(=O)n1-c1cccc(NC(=O)Nc2cc(C(F)(F)F)no2)c1. The standard InChI is InChI=1S/C30H35ClF3N5O4Si/c1-16(2)44(17(3)4,18(5)6)43-19(7)27-36-23-13-9-12-22(31)26(23)28(40)39(27)21-11-8-10-20(14-21)35-29(41)37-25-15-24(38-42-25)30(32,33)34/h8-19H,1-7H3,(H2,35,37,41). The van der Waals surface area contributed by atoms with Crippen LogP contribution in [0.25, 0.3) is 16.6 Å². The predicted octanol–water partition coefficient (Wildman–Crippen LogP) is 8.94. The fourth-order valence-corrected chi connectivity index (χ4v) is 11.7. The maximum atomic E-state index is 14.1. The highest BCUT2D eigenvalue weighted by Gasteiger charge is 2.46. The quantitative estimate of drug-likeness (QED) is 0.175. The smallest absolute Gasteiger partial charge is 0.406 e. The molecule has 2 N–H and O–H groups in total. The summed E-state index contributed by atoms with van der Waals surface area (Å²) in [7, 11) is -2.40. The van der Waals surface area contributed by atoms with E-state index in [4.69, 9.17) is 21.0 Å². The Kier molecular flexibility index (Phi) is 9.62. The Labute approximate surface area is 258 Å². The van der Waals surface area contributed by atoms with Crippen LogP contribution in [0.15, 0.2) is 57.8 Å². The third-order valence-corrected chi connectivity index (χ3v) is 14.2. The topological polar surface area (TPSA) is 111 Å². The third-order valence-electron chi connectivity index (χ3n) is 7.72. The lowest BCUT2D eigenvalue weighted by atomic mass is 10.2. The average Bonchev–Trinajstić information content (AvgIpc) is 3.40. The van der Waals surface area contributed by atoms with Crippen molar-refractivity contribution in [2.24, 2.45) is 0 Å². The van der Waals surface area contributed by atoms with Crippen LogP contribution in [0, 0.1) is 0 Å². The van der Waals surface area contributed by atoms with Crippen molar-refractivity contribution in [3.8, 4) is 5.69 Å². The second-order valence-electron chi connectivity index (χ2n) is 11.5. The zero-order valence-corrected chi connectivity index (χ0v) is 27.2. The molecule has 0 saturated heterocycles. The first-order valence-corrected chi connectivity index (χ1v) is 16.7. The lowest BCUT2D eigenvalue weighted by molar-refractivity contribution is -0.142. The lowest BCUT2D eigenvalue weighted by Crippen LogP contribution is -2.48. The van der Waals surface area contributed by atoms with Crippen molar-refractivity contribution in [2.45, 2.75) is 77.4 Å². The summed E-state index contributed by atoms with van der Waals surface area (Å²) in [6, 6.07) is 11.1. The Bertz CT molecular complexity index is 1700. The number of urea groups is 1. The number of rotatable bonds is 9. The molecule has 0 saturated carbocycles. The van der Waals surface area contributed by atoms with E-state index in [2.05, 4.69) is 61.9 Å². The van der Waals surface area contributed by atoms with Gasteiger partial charge in [0.25, 0.3) is 5.56 Å². The molecule has 44 heavy (non-hydrogen) atoms. The van der Waals surface area contributed by atoms with Gasteiger partial charge in [-0.15, -0.1) is 0 Å². The number of hydrogen-bond donors (Lipinski definition) is 2. The molecule has 2 aromatic heterocycles. The Balaban J connectivity index is 1.77. The van der Waals surface area contributed by atoms with Crippen molar-refractivity contribution in [1.29, 1.82) is 0 Å². The van der Waals surface area contributed by atoms with Crippen LogP contribution in [0.5, 0.6) is 0 Å². The van der Waals surface area contributed by atoms with Gasteiger partial charge in [0.1, 0.15) is 11.9 Å². The second kappa shape index (κ2) is 12.7. The highest BCUT2D eigenvalue weighted by molar-refractivity contribution is 6.77. The molecule has 0 aliphatic rings. The van der Waals surface area contributed by atoms with Gasteiger partial charge in [0.05, 0.1) is 21.6 Å². The van der Waals surface area contributed by atoms with Gasteiger partial charge in [-0.25, -0.2) is 9.78 Å². The summed E-state index contributed by atoms with van der Waals surface area (Å²) >= 11 is 6.46. The molecular formula is C30H35ClF3N5O4Si. The monoisotopic (exact) mass is 649 g/mol. The maximum absolute atomic E-state index is 14.1. The first-order chi connectivity index (χ1) is 20.6. The Hall–Kier alpha value is -3.68. The lowest BCUT2D eigenvalue weighted by Gasteiger charge is -2.44. The molecule has 2 heterocycles. The molecule has 0 aliphatic carbocycles. The molecule has 236 valence electrons. The van der Waals surface area contributed by atoms with E-state index in [0.29, 0.717) is 23.1 Å². The number of aromatic nitrogens is 3. The Morgan fingerprint density at radius 2 is 1.61 bits per heavy atom. The van der Waals surface area contributed by atoms with Crippen LogP contribution in [0.3, 0.4) is 0 Å². The molecule has 0 fully saturated rings. The summed E-state index contributed by atoms with van der Waals surface area (Å²) in [4.78, 5) is 31.5. The van der Waals surface area contributed by atoms with Crippen molar-refractivity contribution in [2.75, 3.05) is 10.6 Å². The van der Waals surface area contributed by atoms with Crippen molar-refractivity contribution < 1.29 is 26.9 Å². The van der Waals surface area contributed by atoms with Crippen molar-refractivity contribution in [3.63, 3.8) is 0 Å². The van der Waals surface area contributed by atoms with Gasteiger partial charge in [-0.3, -0.25) is 14.7 Å². The average molecular weight is 650 g/mol. The van der Waals surface area contributed by atoms with Crippen LogP contribution in [0.4, 0.5) is 29.5 Å². The van der Waals surface area contributed by atoms with Crippen LogP contribution >= 0.6 is 11.6 Å². The largest absolute Gasteiger partial charge is 0.436 e. The number of carbonyl (C=O) groups is 1. The first-order valence-electron chi connectivity index (χ1n) is 14.2. The molecule has 4 rings (SSSR count). The molecule has 0 spiro atoms. The summed E-state index contributed by atoms with van der Waals surface area (Å²) in [5.74, 6) is -0.122. The summed E-state index contributed by atoms with van der Waals surface area (Å²) in [5.41, 5.74) is 0.191. The number of fused-ring (bicyclic) bond motifs is 1. The molecule has 2 aromatic carbocycles. The Morgan fingerprint density at radius 3 is 2.20 bits per heavy atom. The van der Waals surface area contributed by atoms with Crippen LogP contribution in [0.2, 0.25) is 21.6 Å². The minimum Gasteiger partial charge on any atom is -0.406 e. The number of anilines is 2. The highest BCUT2D eigenvalue weighted by Crippen LogP contribution is 2.45. The number of alkyl halides is 3. The molecule has 14 heteroatoms. The van der Waals surface area contributed by atoms with E-state index < -0.39 is 43.8 Å². The molecule has 0 radical (unpaired) electrons.